The van der Waals surface area contributed by atoms with Gasteiger partial charge in [-0.05, 0) is 49.6 Å². The monoisotopic (exact) mass is 416 g/mol. The second kappa shape index (κ2) is 8.05. The third-order valence-corrected chi connectivity index (χ3v) is 7.79. The van der Waals surface area contributed by atoms with Crippen LogP contribution in [0.3, 0.4) is 0 Å². The molecule has 0 spiro atoms. The quantitative estimate of drug-likeness (QED) is 0.772. The first-order valence-electron chi connectivity index (χ1n) is 10.3. The number of benzene rings is 2. The standard InChI is InChI=1S/C22H28N2O4S/c1-16-14-23(15-17(2)28-16)22(25)19-9-11-24(12-10-19)29(26,27)21-8-7-18-5-3-4-6-20(18)13-21/h3-8,13,16-17,19H,9-12,14-15H2,1-2H3/t16-,17+. The molecule has 1 amide bonds. The van der Waals surface area contributed by atoms with E-state index in [4.69, 9.17) is 4.74 Å². The van der Waals surface area contributed by atoms with Gasteiger partial charge in [0.15, 0.2) is 0 Å². The summed E-state index contributed by atoms with van der Waals surface area (Å²) in [6, 6.07) is 13.0. The third-order valence-electron chi connectivity index (χ3n) is 5.89. The zero-order chi connectivity index (χ0) is 20.6. The number of morpholine rings is 1. The number of hydrogen-bond donors (Lipinski definition) is 0. The summed E-state index contributed by atoms with van der Waals surface area (Å²) < 4.78 is 33.5. The summed E-state index contributed by atoms with van der Waals surface area (Å²) in [5.74, 6) is 0.0188. The summed E-state index contributed by atoms with van der Waals surface area (Å²) in [7, 11) is -3.56. The highest BCUT2D eigenvalue weighted by Gasteiger charge is 2.35. The van der Waals surface area contributed by atoms with Crippen molar-refractivity contribution in [2.45, 2.75) is 43.8 Å². The van der Waals surface area contributed by atoms with Gasteiger partial charge < -0.3 is 9.64 Å². The SMILES string of the molecule is C[C@@H]1CN(C(=O)C2CCN(S(=O)(=O)c3ccc4ccccc4c3)CC2)C[C@H](C)O1. The molecule has 2 aromatic rings. The fourth-order valence-electron chi connectivity index (χ4n) is 4.44. The van der Waals surface area contributed by atoms with Crippen LogP contribution < -0.4 is 0 Å². The summed E-state index contributed by atoms with van der Waals surface area (Å²) in [5, 5.41) is 1.93. The van der Waals surface area contributed by atoms with E-state index in [1.165, 1.54) is 4.31 Å². The average Bonchev–Trinajstić information content (AvgIpc) is 2.72. The van der Waals surface area contributed by atoms with Gasteiger partial charge in [0.25, 0.3) is 0 Å². The van der Waals surface area contributed by atoms with Crippen molar-refractivity contribution in [1.82, 2.24) is 9.21 Å². The van der Waals surface area contributed by atoms with Gasteiger partial charge in [0, 0.05) is 32.1 Å². The Kier molecular flexibility index (Phi) is 5.64. The molecule has 156 valence electrons. The molecule has 2 heterocycles. The van der Waals surface area contributed by atoms with E-state index in [0.29, 0.717) is 43.9 Å². The van der Waals surface area contributed by atoms with Crippen molar-refractivity contribution in [2.24, 2.45) is 5.92 Å². The molecule has 2 aliphatic heterocycles. The van der Waals surface area contributed by atoms with Crippen LogP contribution in [0.5, 0.6) is 0 Å². The second-order valence-corrected chi connectivity index (χ2v) is 10.1. The van der Waals surface area contributed by atoms with Crippen molar-refractivity contribution < 1.29 is 17.9 Å². The van der Waals surface area contributed by atoms with Gasteiger partial charge in [-0.3, -0.25) is 4.79 Å². The van der Waals surface area contributed by atoms with Crippen LogP contribution in [0.25, 0.3) is 10.8 Å². The molecule has 0 radical (unpaired) electrons. The lowest BCUT2D eigenvalue weighted by Crippen LogP contribution is -2.51. The van der Waals surface area contributed by atoms with Gasteiger partial charge in [-0.25, -0.2) is 8.42 Å². The van der Waals surface area contributed by atoms with Crippen molar-refractivity contribution in [3.8, 4) is 0 Å². The number of hydrogen-bond acceptors (Lipinski definition) is 4. The molecule has 0 unspecified atom stereocenters. The normalized spacial score (nSPS) is 24.7. The Morgan fingerprint density at radius 3 is 2.24 bits per heavy atom. The lowest BCUT2D eigenvalue weighted by Gasteiger charge is -2.39. The third kappa shape index (κ3) is 4.17. The fraction of sp³-hybridized carbons (Fsp3) is 0.500. The number of sulfonamides is 1. The van der Waals surface area contributed by atoms with Crippen LogP contribution in [0.15, 0.2) is 47.4 Å². The van der Waals surface area contributed by atoms with Gasteiger partial charge in [0.1, 0.15) is 0 Å². The van der Waals surface area contributed by atoms with Crippen LogP contribution >= 0.6 is 0 Å². The van der Waals surface area contributed by atoms with Crippen molar-refractivity contribution in [3.63, 3.8) is 0 Å². The molecule has 0 saturated carbocycles. The smallest absolute Gasteiger partial charge is 0.243 e. The minimum atomic E-state index is -3.56. The molecule has 2 aromatic carbocycles. The van der Waals surface area contributed by atoms with E-state index < -0.39 is 10.0 Å². The molecule has 6 nitrogen and oxygen atoms in total. The van der Waals surface area contributed by atoms with E-state index in [9.17, 15) is 13.2 Å². The molecule has 0 aromatic heterocycles. The number of amides is 1. The Morgan fingerprint density at radius 2 is 1.59 bits per heavy atom. The minimum absolute atomic E-state index is 0.0380. The van der Waals surface area contributed by atoms with E-state index in [-0.39, 0.29) is 24.0 Å². The number of rotatable bonds is 3. The van der Waals surface area contributed by atoms with Crippen LogP contribution in [0.1, 0.15) is 26.7 Å². The minimum Gasteiger partial charge on any atom is -0.372 e. The molecule has 29 heavy (non-hydrogen) atoms. The van der Waals surface area contributed by atoms with Crippen molar-refractivity contribution in [1.29, 1.82) is 0 Å². The summed E-state index contributed by atoms with van der Waals surface area (Å²) in [6.45, 7) is 5.93. The predicted octanol–water partition coefficient (Wildman–Crippen LogP) is 2.88. The van der Waals surface area contributed by atoms with Crippen LogP contribution in [0.4, 0.5) is 0 Å². The van der Waals surface area contributed by atoms with Gasteiger partial charge in [-0.2, -0.15) is 4.31 Å². The summed E-state index contributed by atoms with van der Waals surface area (Å²) >= 11 is 0. The molecule has 2 saturated heterocycles. The summed E-state index contributed by atoms with van der Waals surface area (Å²) in [6.07, 6.45) is 1.20. The van der Waals surface area contributed by atoms with Crippen LogP contribution in [0, 0.1) is 5.92 Å². The van der Waals surface area contributed by atoms with Crippen LogP contribution in [-0.4, -0.2) is 61.9 Å². The number of ether oxygens (including phenoxy) is 1. The lowest BCUT2D eigenvalue weighted by molar-refractivity contribution is -0.148. The van der Waals surface area contributed by atoms with Gasteiger partial charge in [0.2, 0.25) is 15.9 Å². The predicted molar refractivity (Wildman–Crippen MR) is 112 cm³/mol. The second-order valence-electron chi connectivity index (χ2n) is 8.19. The van der Waals surface area contributed by atoms with Gasteiger partial charge in [0.05, 0.1) is 17.1 Å². The maximum absolute atomic E-state index is 13.1. The highest BCUT2D eigenvalue weighted by Crippen LogP contribution is 2.27. The van der Waals surface area contributed by atoms with Gasteiger partial charge in [-0.1, -0.05) is 30.3 Å². The number of piperidine rings is 1. The fourth-order valence-corrected chi connectivity index (χ4v) is 5.94. The average molecular weight is 417 g/mol. The van der Waals surface area contributed by atoms with E-state index in [1.54, 1.807) is 12.1 Å². The maximum atomic E-state index is 13.1. The molecular formula is C22H28N2O4S. The molecule has 4 rings (SSSR count). The molecule has 0 aliphatic carbocycles. The van der Waals surface area contributed by atoms with Crippen molar-refractivity contribution in [2.75, 3.05) is 26.2 Å². The molecule has 0 N–H and O–H groups in total. The van der Waals surface area contributed by atoms with Crippen molar-refractivity contribution >= 4 is 26.7 Å². The van der Waals surface area contributed by atoms with Gasteiger partial charge >= 0.3 is 0 Å². The van der Waals surface area contributed by atoms with E-state index >= 15 is 0 Å². The lowest BCUT2D eigenvalue weighted by atomic mass is 9.96. The first-order chi connectivity index (χ1) is 13.8. The molecule has 2 fully saturated rings. The zero-order valence-corrected chi connectivity index (χ0v) is 17.8. The zero-order valence-electron chi connectivity index (χ0n) is 17.0. The highest BCUT2D eigenvalue weighted by molar-refractivity contribution is 7.89. The first kappa shape index (κ1) is 20.3. The Bertz CT molecular complexity index is 989. The van der Waals surface area contributed by atoms with Gasteiger partial charge in [-0.15, -0.1) is 0 Å². The number of nitrogens with zero attached hydrogens (tertiary/aromatic N) is 2. The van der Waals surface area contributed by atoms with Crippen LogP contribution in [-0.2, 0) is 19.6 Å². The number of carbonyl (C=O) groups is 1. The molecule has 2 atom stereocenters. The molecule has 2 aliphatic rings. The van der Waals surface area contributed by atoms with E-state index in [1.807, 2.05) is 49.1 Å². The molecule has 0 bridgehead atoms. The maximum Gasteiger partial charge on any atom is 0.243 e. The van der Waals surface area contributed by atoms with E-state index in [0.717, 1.165) is 10.8 Å². The summed E-state index contributed by atoms with van der Waals surface area (Å²) in [4.78, 5) is 15.1. The topological polar surface area (TPSA) is 66.9 Å². The Balaban J connectivity index is 1.43. The molecule has 7 heteroatoms. The molecular weight excluding hydrogens is 388 g/mol. The Labute approximate surface area is 172 Å². The van der Waals surface area contributed by atoms with Crippen LogP contribution in [0.2, 0.25) is 0 Å². The highest BCUT2D eigenvalue weighted by atomic mass is 32.2. The first-order valence-corrected chi connectivity index (χ1v) is 11.7. The van der Waals surface area contributed by atoms with E-state index in [2.05, 4.69) is 0 Å². The van der Waals surface area contributed by atoms with Crippen molar-refractivity contribution in [3.05, 3.63) is 42.5 Å². The summed E-state index contributed by atoms with van der Waals surface area (Å²) in [5.41, 5.74) is 0. The number of fused-ring (bicyclic) bond motifs is 1. The Hall–Kier alpha value is -1.96. The number of carbonyl (C=O) groups excluding carboxylic acids is 1. The Morgan fingerprint density at radius 1 is 0.966 bits per heavy atom. The largest absolute Gasteiger partial charge is 0.372 e.